The van der Waals surface area contributed by atoms with Crippen molar-refractivity contribution < 1.29 is 4.79 Å². The van der Waals surface area contributed by atoms with E-state index in [4.69, 9.17) is 0 Å². The molecule has 1 unspecified atom stereocenters. The molecule has 1 N–H and O–H groups in total. The summed E-state index contributed by atoms with van der Waals surface area (Å²) in [5.74, 6) is -0.119. The Morgan fingerprint density at radius 2 is 1.85 bits per heavy atom. The van der Waals surface area contributed by atoms with E-state index in [1.54, 1.807) is 4.68 Å². The number of carbonyl (C=O) groups is 1. The maximum absolute atomic E-state index is 12.7. The van der Waals surface area contributed by atoms with Crippen LogP contribution < -0.4 is 5.32 Å². The molecule has 142 valence electrons. The van der Waals surface area contributed by atoms with Gasteiger partial charge in [0.05, 0.1) is 33.8 Å². The minimum absolute atomic E-state index is 0.119. The molecule has 0 aliphatic heterocycles. The monoisotopic (exact) mass is 429 g/mol. The fourth-order valence-electron chi connectivity index (χ4n) is 2.99. The minimum atomic E-state index is -0.423. The Labute approximate surface area is 167 Å². The van der Waals surface area contributed by atoms with Crippen LogP contribution in [0.1, 0.15) is 41.2 Å². The van der Waals surface area contributed by atoms with Gasteiger partial charge >= 0.3 is 0 Å². The van der Waals surface area contributed by atoms with E-state index in [0.29, 0.717) is 6.54 Å². The van der Waals surface area contributed by atoms with Crippen molar-refractivity contribution in [3.8, 4) is 0 Å². The summed E-state index contributed by atoms with van der Waals surface area (Å²) in [4.78, 5) is 12.7. The van der Waals surface area contributed by atoms with Crippen LogP contribution >= 0.6 is 15.9 Å². The SMILES string of the molecule is Cc1ccccc1Cn1nc(C)c(NC(=O)C(C)n2cc(Br)c(C)n2)c1C. The highest BCUT2D eigenvalue weighted by Gasteiger charge is 2.21. The lowest BCUT2D eigenvalue weighted by atomic mass is 10.1. The molecular weight excluding hydrogens is 406 g/mol. The maximum Gasteiger partial charge on any atom is 0.249 e. The summed E-state index contributed by atoms with van der Waals surface area (Å²) in [7, 11) is 0. The summed E-state index contributed by atoms with van der Waals surface area (Å²) >= 11 is 3.44. The molecule has 2 aromatic heterocycles. The molecule has 0 fully saturated rings. The van der Waals surface area contributed by atoms with Crippen LogP contribution in [0, 0.1) is 27.7 Å². The summed E-state index contributed by atoms with van der Waals surface area (Å²) in [6, 6.07) is 7.83. The second-order valence-electron chi connectivity index (χ2n) is 6.84. The molecule has 1 aromatic carbocycles. The Hall–Kier alpha value is -2.41. The topological polar surface area (TPSA) is 64.7 Å². The number of hydrogen-bond donors (Lipinski definition) is 1. The third kappa shape index (κ3) is 3.98. The quantitative estimate of drug-likeness (QED) is 0.656. The van der Waals surface area contributed by atoms with Gasteiger partial charge in [-0.05, 0) is 61.7 Å². The van der Waals surface area contributed by atoms with E-state index in [2.05, 4.69) is 50.5 Å². The van der Waals surface area contributed by atoms with Crippen molar-refractivity contribution in [3.63, 3.8) is 0 Å². The standard InChI is InChI=1S/C20H24BrN5O/c1-12-8-6-7-9-17(12)10-25-15(4)19(14(3)24-25)22-20(27)16(5)26-11-18(21)13(2)23-26/h6-9,11,16H,10H2,1-5H3,(H,22,27). The Bertz CT molecular complexity index is 969. The van der Waals surface area contributed by atoms with Crippen LogP contribution in [0.5, 0.6) is 0 Å². The number of hydrogen-bond acceptors (Lipinski definition) is 3. The summed E-state index contributed by atoms with van der Waals surface area (Å²) in [5, 5.41) is 12.0. The zero-order valence-electron chi connectivity index (χ0n) is 16.2. The number of aromatic nitrogens is 4. The smallest absolute Gasteiger partial charge is 0.249 e. The molecule has 7 heteroatoms. The molecule has 0 saturated heterocycles. The van der Waals surface area contributed by atoms with Crippen molar-refractivity contribution in [2.24, 2.45) is 0 Å². The fraction of sp³-hybridized carbons (Fsp3) is 0.350. The van der Waals surface area contributed by atoms with Crippen LogP contribution in [0.4, 0.5) is 5.69 Å². The van der Waals surface area contributed by atoms with Crippen LogP contribution in [0.2, 0.25) is 0 Å². The van der Waals surface area contributed by atoms with E-state index >= 15 is 0 Å². The van der Waals surface area contributed by atoms with Crippen molar-refractivity contribution in [2.45, 2.75) is 47.2 Å². The molecule has 6 nitrogen and oxygen atoms in total. The average Bonchev–Trinajstić information content (AvgIpc) is 3.10. The van der Waals surface area contributed by atoms with Crippen molar-refractivity contribution in [2.75, 3.05) is 5.32 Å². The maximum atomic E-state index is 12.7. The molecule has 1 amide bonds. The predicted molar refractivity (Wildman–Crippen MR) is 110 cm³/mol. The number of halogens is 1. The van der Waals surface area contributed by atoms with Crippen LogP contribution in [0.3, 0.4) is 0 Å². The third-order valence-corrected chi connectivity index (χ3v) is 5.62. The lowest BCUT2D eigenvalue weighted by Crippen LogP contribution is -2.24. The molecule has 2 heterocycles. The summed E-state index contributed by atoms with van der Waals surface area (Å²) in [6.07, 6.45) is 1.82. The number of benzene rings is 1. The molecular formula is C20H24BrN5O. The molecule has 0 bridgehead atoms. The number of aryl methyl sites for hydroxylation is 3. The van der Waals surface area contributed by atoms with Gasteiger partial charge in [0.2, 0.25) is 5.91 Å². The van der Waals surface area contributed by atoms with E-state index in [0.717, 1.165) is 27.2 Å². The van der Waals surface area contributed by atoms with Gasteiger partial charge in [0, 0.05) is 6.20 Å². The van der Waals surface area contributed by atoms with E-state index in [9.17, 15) is 4.79 Å². The lowest BCUT2D eigenvalue weighted by Gasteiger charge is -2.13. The van der Waals surface area contributed by atoms with Crippen molar-refractivity contribution in [1.29, 1.82) is 0 Å². The first-order valence-electron chi connectivity index (χ1n) is 8.88. The Morgan fingerprint density at radius 1 is 1.15 bits per heavy atom. The van der Waals surface area contributed by atoms with E-state index in [1.807, 2.05) is 50.7 Å². The van der Waals surface area contributed by atoms with Gasteiger partial charge in [-0.15, -0.1) is 0 Å². The van der Waals surface area contributed by atoms with Gasteiger partial charge in [0.25, 0.3) is 0 Å². The highest BCUT2D eigenvalue weighted by atomic mass is 79.9. The van der Waals surface area contributed by atoms with E-state index in [1.165, 1.54) is 11.1 Å². The largest absolute Gasteiger partial charge is 0.321 e. The third-order valence-electron chi connectivity index (χ3n) is 4.84. The fourth-order valence-corrected chi connectivity index (χ4v) is 3.28. The van der Waals surface area contributed by atoms with Crippen molar-refractivity contribution in [3.05, 3.63) is 63.1 Å². The molecule has 3 rings (SSSR count). The second kappa shape index (κ2) is 7.68. The number of anilines is 1. The average molecular weight is 430 g/mol. The normalized spacial score (nSPS) is 12.2. The first kappa shape index (κ1) is 19.4. The second-order valence-corrected chi connectivity index (χ2v) is 7.69. The molecule has 0 radical (unpaired) electrons. The number of nitrogens with zero attached hydrogens (tertiary/aromatic N) is 4. The molecule has 0 spiro atoms. The van der Waals surface area contributed by atoms with Gasteiger partial charge in [0.1, 0.15) is 6.04 Å². The number of rotatable bonds is 5. The summed E-state index contributed by atoms with van der Waals surface area (Å²) in [6.45, 7) is 10.4. The van der Waals surface area contributed by atoms with E-state index < -0.39 is 6.04 Å². The molecule has 1 atom stereocenters. The van der Waals surface area contributed by atoms with Crippen molar-refractivity contribution in [1.82, 2.24) is 19.6 Å². The Kier molecular flexibility index (Phi) is 5.51. The Balaban J connectivity index is 1.80. The van der Waals surface area contributed by atoms with Gasteiger partial charge < -0.3 is 5.32 Å². The molecule has 0 aliphatic rings. The Morgan fingerprint density at radius 3 is 2.48 bits per heavy atom. The minimum Gasteiger partial charge on any atom is -0.321 e. The molecule has 27 heavy (non-hydrogen) atoms. The summed E-state index contributed by atoms with van der Waals surface area (Å²) < 4.78 is 4.49. The number of nitrogens with one attached hydrogen (secondary N) is 1. The number of carbonyl (C=O) groups excluding carboxylic acids is 1. The first-order chi connectivity index (χ1) is 12.8. The lowest BCUT2D eigenvalue weighted by molar-refractivity contribution is -0.119. The van der Waals surface area contributed by atoms with Crippen LogP contribution in [-0.4, -0.2) is 25.5 Å². The van der Waals surface area contributed by atoms with Crippen LogP contribution in [0.15, 0.2) is 34.9 Å². The van der Waals surface area contributed by atoms with Crippen LogP contribution in [0.25, 0.3) is 0 Å². The zero-order chi connectivity index (χ0) is 19.7. The van der Waals surface area contributed by atoms with Gasteiger partial charge in [-0.3, -0.25) is 14.2 Å². The van der Waals surface area contributed by atoms with Crippen LogP contribution in [-0.2, 0) is 11.3 Å². The molecule has 0 saturated carbocycles. The van der Waals surface area contributed by atoms with Gasteiger partial charge in [-0.25, -0.2) is 0 Å². The van der Waals surface area contributed by atoms with E-state index in [-0.39, 0.29) is 5.91 Å². The molecule has 0 aliphatic carbocycles. The zero-order valence-corrected chi connectivity index (χ0v) is 17.8. The van der Waals surface area contributed by atoms with Gasteiger partial charge in [-0.2, -0.15) is 10.2 Å². The van der Waals surface area contributed by atoms with Crippen molar-refractivity contribution >= 4 is 27.5 Å². The first-order valence-corrected chi connectivity index (χ1v) is 9.68. The number of amides is 1. The van der Waals surface area contributed by atoms with Gasteiger partial charge in [0.15, 0.2) is 0 Å². The summed E-state index contributed by atoms with van der Waals surface area (Å²) in [5.41, 5.74) is 5.81. The molecule has 3 aromatic rings. The predicted octanol–water partition coefficient (Wildman–Crippen LogP) is 4.32. The highest BCUT2D eigenvalue weighted by Crippen LogP contribution is 2.23. The highest BCUT2D eigenvalue weighted by molar-refractivity contribution is 9.10. The van der Waals surface area contributed by atoms with Gasteiger partial charge in [-0.1, -0.05) is 24.3 Å².